The summed E-state index contributed by atoms with van der Waals surface area (Å²) in [6.45, 7) is 11.1. The number of hydrogen-bond acceptors (Lipinski definition) is 1. The van der Waals surface area contributed by atoms with Gasteiger partial charge in [-0.1, -0.05) is 53.0 Å². The zero-order valence-corrected chi connectivity index (χ0v) is 19.3. The number of Topliss-reactive ketones (excluding diaryl/α,β-unsaturated/α-hetero) is 1. The average Bonchev–Trinajstić information content (AvgIpc) is 2.64. The molecule has 0 bridgehead atoms. The monoisotopic (exact) mass is 384 g/mol. The van der Waals surface area contributed by atoms with Crippen LogP contribution in [0, 0.1) is 5.92 Å². The third-order valence-corrected chi connectivity index (χ3v) is 5.84. The van der Waals surface area contributed by atoms with Gasteiger partial charge in [-0.15, -0.1) is 0 Å². The molecule has 1 nitrogen and oxygen atoms in total. The van der Waals surface area contributed by atoms with Crippen LogP contribution < -0.4 is 0 Å². The maximum Gasteiger partial charge on any atom is 0.135 e. The molecular weight excluding hydrogens is 340 g/mol. The van der Waals surface area contributed by atoms with Gasteiger partial charge in [0.05, 0.1) is 0 Å². The largest absolute Gasteiger partial charge is 0.299 e. The summed E-state index contributed by atoms with van der Waals surface area (Å²) in [5.41, 5.74) is 5.89. The van der Waals surface area contributed by atoms with Gasteiger partial charge in [0.15, 0.2) is 0 Å². The molecule has 0 aromatic heterocycles. The maximum absolute atomic E-state index is 11.9. The molecule has 1 heteroatoms. The van der Waals surface area contributed by atoms with Gasteiger partial charge in [0.2, 0.25) is 0 Å². The van der Waals surface area contributed by atoms with Crippen LogP contribution in [0.1, 0.15) is 112 Å². The molecule has 0 aromatic rings. The Labute approximate surface area is 175 Å². The molecule has 0 heterocycles. The van der Waals surface area contributed by atoms with Gasteiger partial charge in [0, 0.05) is 12.3 Å². The predicted molar refractivity (Wildman–Crippen MR) is 125 cm³/mol. The summed E-state index contributed by atoms with van der Waals surface area (Å²) >= 11 is 0. The maximum atomic E-state index is 11.9. The minimum atomic E-state index is 0.345. The molecule has 0 spiro atoms. The fraction of sp³-hybridized carbons (Fsp3) is 0.667. The summed E-state index contributed by atoms with van der Waals surface area (Å²) in [7, 11) is 0. The summed E-state index contributed by atoms with van der Waals surface area (Å²) in [5, 5.41) is 0. The van der Waals surface area contributed by atoms with E-state index in [1.165, 1.54) is 48.0 Å². The van der Waals surface area contributed by atoms with E-state index in [0.29, 0.717) is 11.7 Å². The van der Waals surface area contributed by atoms with Crippen LogP contribution in [0.25, 0.3) is 0 Å². The second kappa shape index (κ2) is 14.6. The summed E-state index contributed by atoms with van der Waals surface area (Å²) in [6, 6.07) is 0. The van der Waals surface area contributed by atoms with Crippen LogP contribution in [0.4, 0.5) is 0 Å². The van der Waals surface area contributed by atoms with Gasteiger partial charge in [-0.25, -0.2) is 0 Å². The first kappa shape index (κ1) is 24.7. The molecule has 0 amide bonds. The van der Waals surface area contributed by atoms with Crippen molar-refractivity contribution < 1.29 is 4.79 Å². The van der Waals surface area contributed by atoms with Gasteiger partial charge in [0.1, 0.15) is 5.78 Å². The van der Waals surface area contributed by atoms with Crippen molar-refractivity contribution in [2.75, 3.05) is 0 Å². The second-order valence-corrected chi connectivity index (χ2v) is 9.04. The number of allylic oxidation sites excluding steroid dienone is 8. The molecule has 1 aliphatic rings. The SMILES string of the molecule is CC(C)=CCC/C(C)=C/CC/C(C)=C/CC/C=C(\C)CCC1CCCCC1=O. The van der Waals surface area contributed by atoms with Crippen LogP contribution in [0.5, 0.6) is 0 Å². The van der Waals surface area contributed by atoms with Crippen LogP contribution in [0.15, 0.2) is 46.6 Å². The van der Waals surface area contributed by atoms with Gasteiger partial charge < -0.3 is 0 Å². The highest BCUT2D eigenvalue weighted by Gasteiger charge is 2.21. The molecule has 1 saturated carbocycles. The number of unbranched alkanes of at least 4 members (excludes halogenated alkanes) is 1. The summed E-state index contributed by atoms with van der Waals surface area (Å²) in [4.78, 5) is 11.9. The zero-order valence-electron chi connectivity index (χ0n) is 19.3. The van der Waals surface area contributed by atoms with E-state index in [9.17, 15) is 4.79 Å². The van der Waals surface area contributed by atoms with E-state index in [0.717, 1.165) is 51.4 Å². The zero-order chi connectivity index (χ0) is 20.8. The molecular formula is C27H44O. The van der Waals surface area contributed by atoms with Crippen LogP contribution in [0.3, 0.4) is 0 Å². The first-order valence-electron chi connectivity index (χ1n) is 11.5. The molecule has 1 aliphatic carbocycles. The van der Waals surface area contributed by atoms with Gasteiger partial charge in [-0.05, 0) is 98.8 Å². The van der Waals surface area contributed by atoms with Crippen molar-refractivity contribution in [3.05, 3.63) is 46.6 Å². The minimum absolute atomic E-state index is 0.345. The average molecular weight is 385 g/mol. The lowest BCUT2D eigenvalue weighted by Crippen LogP contribution is -2.18. The third-order valence-electron chi connectivity index (χ3n) is 5.84. The molecule has 1 fully saturated rings. The van der Waals surface area contributed by atoms with Gasteiger partial charge in [-0.3, -0.25) is 4.79 Å². The summed E-state index contributed by atoms with van der Waals surface area (Å²) in [5.74, 6) is 0.858. The molecule has 158 valence electrons. The lowest BCUT2D eigenvalue weighted by molar-refractivity contribution is -0.124. The quantitative estimate of drug-likeness (QED) is 0.243. The molecule has 1 atom stereocenters. The van der Waals surface area contributed by atoms with E-state index in [4.69, 9.17) is 0 Å². The van der Waals surface area contributed by atoms with E-state index in [1.807, 2.05) is 0 Å². The first-order valence-corrected chi connectivity index (χ1v) is 11.5. The van der Waals surface area contributed by atoms with Crippen LogP contribution in [-0.4, -0.2) is 5.78 Å². The number of rotatable bonds is 12. The van der Waals surface area contributed by atoms with Crippen LogP contribution in [0.2, 0.25) is 0 Å². The van der Waals surface area contributed by atoms with E-state index in [-0.39, 0.29) is 0 Å². The fourth-order valence-electron chi connectivity index (χ4n) is 3.86. The van der Waals surface area contributed by atoms with Gasteiger partial charge in [0.25, 0.3) is 0 Å². The van der Waals surface area contributed by atoms with Crippen molar-refractivity contribution in [3.8, 4) is 0 Å². The Bertz CT molecular complexity index is 581. The number of hydrogen-bond donors (Lipinski definition) is 0. The Kier molecular flexibility index (Phi) is 12.9. The van der Waals surface area contributed by atoms with Crippen molar-refractivity contribution in [3.63, 3.8) is 0 Å². The molecule has 28 heavy (non-hydrogen) atoms. The van der Waals surface area contributed by atoms with E-state index < -0.39 is 0 Å². The molecule has 0 N–H and O–H groups in total. The molecule has 0 aromatic carbocycles. The molecule has 0 saturated heterocycles. The standard InChI is InChI=1S/C27H44O/c1-22(2)12-10-15-24(4)17-11-16-23(3)13-6-7-14-25(5)20-21-26-18-8-9-19-27(26)28/h12-14,17,26H,6-11,15-16,18-21H2,1-5H3/b23-13+,24-17+,25-14+. The lowest BCUT2D eigenvalue weighted by Gasteiger charge is -2.20. The van der Waals surface area contributed by atoms with Crippen molar-refractivity contribution in [2.45, 2.75) is 112 Å². The smallest absolute Gasteiger partial charge is 0.135 e. The van der Waals surface area contributed by atoms with Crippen LogP contribution in [-0.2, 0) is 4.79 Å². The highest BCUT2D eigenvalue weighted by molar-refractivity contribution is 5.81. The molecule has 1 rings (SSSR count). The van der Waals surface area contributed by atoms with Crippen LogP contribution >= 0.6 is 0 Å². The fourth-order valence-corrected chi connectivity index (χ4v) is 3.86. The first-order chi connectivity index (χ1) is 13.4. The minimum Gasteiger partial charge on any atom is -0.299 e. The van der Waals surface area contributed by atoms with E-state index >= 15 is 0 Å². The van der Waals surface area contributed by atoms with E-state index in [2.05, 4.69) is 58.9 Å². The van der Waals surface area contributed by atoms with Gasteiger partial charge in [-0.2, -0.15) is 0 Å². The Morgan fingerprint density at radius 1 is 0.750 bits per heavy atom. The van der Waals surface area contributed by atoms with Crippen molar-refractivity contribution in [1.29, 1.82) is 0 Å². The Balaban J connectivity index is 2.19. The number of carbonyl (C=O) groups is 1. The Morgan fingerprint density at radius 2 is 1.29 bits per heavy atom. The topological polar surface area (TPSA) is 17.1 Å². The van der Waals surface area contributed by atoms with Crippen molar-refractivity contribution >= 4 is 5.78 Å². The predicted octanol–water partition coefficient (Wildman–Crippen LogP) is 8.67. The van der Waals surface area contributed by atoms with Gasteiger partial charge >= 0.3 is 0 Å². The highest BCUT2D eigenvalue weighted by Crippen LogP contribution is 2.26. The highest BCUT2D eigenvalue weighted by atomic mass is 16.1. The van der Waals surface area contributed by atoms with E-state index in [1.54, 1.807) is 0 Å². The molecule has 0 radical (unpaired) electrons. The summed E-state index contributed by atoms with van der Waals surface area (Å²) in [6.07, 6.45) is 22.9. The third kappa shape index (κ3) is 12.2. The Hall–Kier alpha value is -1.37. The molecule has 0 aliphatic heterocycles. The summed E-state index contributed by atoms with van der Waals surface area (Å²) < 4.78 is 0. The lowest BCUT2D eigenvalue weighted by atomic mass is 9.84. The van der Waals surface area contributed by atoms with Crippen molar-refractivity contribution in [1.82, 2.24) is 0 Å². The normalized spacial score (nSPS) is 19.1. The van der Waals surface area contributed by atoms with Crippen molar-refractivity contribution in [2.24, 2.45) is 5.92 Å². The number of ketones is 1. The molecule has 1 unspecified atom stereocenters. The second-order valence-electron chi connectivity index (χ2n) is 9.04. The number of carbonyl (C=O) groups excluding carboxylic acids is 1. The Morgan fingerprint density at radius 3 is 1.86 bits per heavy atom.